The summed E-state index contributed by atoms with van der Waals surface area (Å²) in [6.45, 7) is 1.77. The third-order valence-electron chi connectivity index (χ3n) is 1.92. The van der Waals surface area contributed by atoms with Crippen LogP contribution in [0.1, 0.15) is 6.92 Å². The van der Waals surface area contributed by atoms with Crippen LogP contribution in [0.4, 0.5) is 10.1 Å². The lowest BCUT2D eigenvalue weighted by Crippen LogP contribution is -2.15. The number of rotatable bonds is 5. The van der Waals surface area contributed by atoms with E-state index < -0.39 is 11.5 Å². The van der Waals surface area contributed by atoms with Crippen LogP contribution in [0.3, 0.4) is 0 Å². The molecule has 0 aromatic heterocycles. The predicted molar refractivity (Wildman–Crippen MR) is 64.8 cm³/mol. The molecule has 0 heterocycles. The summed E-state index contributed by atoms with van der Waals surface area (Å²) in [5, 5.41) is 0. The fraction of sp³-hybridized carbons (Fsp3) is 0.364. The monoisotopic (exact) mass is 259 g/mol. The lowest BCUT2D eigenvalue weighted by molar-refractivity contribution is -0.145. The van der Waals surface area contributed by atoms with Crippen molar-refractivity contribution >= 4 is 23.4 Å². The predicted octanol–water partition coefficient (Wildman–Crippen LogP) is 2.23. The molecule has 0 aliphatic rings. The zero-order valence-corrected chi connectivity index (χ0v) is 10.4. The van der Waals surface area contributed by atoms with Gasteiger partial charge in [0.05, 0.1) is 13.7 Å². The van der Waals surface area contributed by atoms with Gasteiger partial charge in [0.25, 0.3) is 0 Å². The van der Waals surface area contributed by atoms with Gasteiger partial charge < -0.3 is 15.2 Å². The second kappa shape index (κ2) is 6.34. The van der Waals surface area contributed by atoms with E-state index in [0.29, 0.717) is 28.1 Å². The number of thioether (sulfide) groups is 1. The summed E-state index contributed by atoms with van der Waals surface area (Å²) >= 11 is 0.702. The van der Waals surface area contributed by atoms with Gasteiger partial charge in [-0.05, 0) is 25.1 Å². The van der Waals surface area contributed by atoms with Crippen molar-refractivity contribution in [1.29, 1.82) is 0 Å². The number of alkyl halides is 1. The van der Waals surface area contributed by atoms with Crippen LogP contribution < -0.4 is 10.5 Å². The molecule has 2 N–H and O–H groups in total. The molecule has 0 spiro atoms. The minimum atomic E-state index is -1.79. The normalized spacial score (nSPS) is 11.9. The molecule has 0 amide bonds. The van der Waals surface area contributed by atoms with Crippen LogP contribution in [-0.2, 0) is 9.53 Å². The van der Waals surface area contributed by atoms with Crippen molar-refractivity contribution in [3.63, 3.8) is 0 Å². The number of nitrogen functional groups attached to an aromatic ring is 1. The third-order valence-corrected chi connectivity index (χ3v) is 2.93. The number of halogens is 1. The van der Waals surface area contributed by atoms with Crippen molar-refractivity contribution in [3.8, 4) is 5.75 Å². The summed E-state index contributed by atoms with van der Waals surface area (Å²) in [5.41, 5.74) is 4.28. The van der Waals surface area contributed by atoms with Gasteiger partial charge in [0.2, 0.25) is 5.50 Å². The zero-order chi connectivity index (χ0) is 12.8. The average molecular weight is 259 g/mol. The van der Waals surface area contributed by atoms with Crippen molar-refractivity contribution in [3.05, 3.63) is 18.2 Å². The van der Waals surface area contributed by atoms with Gasteiger partial charge in [-0.15, -0.1) is 0 Å². The summed E-state index contributed by atoms with van der Waals surface area (Å²) in [4.78, 5) is 11.6. The van der Waals surface area contributed by atoms with Crippen LogP contribution in [0.25, 0.3) is 0 Å². The standard InChI is InChI=1S/C11H14FNO3S/c1-3-16-11(14)10(12)17-9-6-7(15-2)4-5-8(9)13/h4-6,10H,3,13H2,1-2H3. The van der Waals surface area contributed by atoms with Crippen molar-refractivity contribution in [2.45, 2.75) is 17.3 Å². The van der Waals surface area contributed by atoms with Gasteiger partial charge in [-0.1, -0.05) is 11.8 Å². The fourth-order valence-corrected chi connectivity index (χ4v) is 1.89. The highest BCUT2D eigenvalue weighted by Gasteiger charge is 2.21. The quantitative estimate of drug-likeness (QED) is 0.499. The minimum Gasteiger partial charge on any atom is -0.497 e. The summed E-state index contributed by atoms with van der Waals surface area (Å²) in [5.74, 6) is -0.350. The summed E-state index contributed by atoms with van der Waals surface area (Å²) in [7, 11) is 1.50. The lowest BCUT2D eigenvalue weighted by Gasteiger charge is -2.10. The zero-order valence-electron chi connectivity index (χ0n) is 9.60. The van der Waals surface area contributed by atoms with Gasteiger partial charge in [0.1, 0.15) is 5.75 Å². The topological polar surface area (TPSA) is 61.5 Å². The largest absolute Gasteiger partial charge is 0.497 e. The Hall–Kier alpha value is -1.43. The molecule has 0 saturated heterocycles. The first kappa shape index (κ1) is 13.6. The van der Waals surface area contributed by atoms with Crippen LogP contribution in [-0.4, -0.2) is 25.2 Å². The van der Waals surface area contributed by atoms with Gasteiger partial charge in [-0.2, -0.15) is 0 Å². The molecule has 6 heteroatoms. The molecular weight excluding hydrogens is 245 g/mol. The molecule has 94 valence electrons. The van der Waals surface area contributed by atoms with Crippen LogP contribution in [0, 0.1) is 0 Å². The van der Waals surface area contributed by atoms with Crippen molar-refractivity contribution < 1.29 is 18.7 Å². The molecule has 0 bridgehead atoms. The number of hydrogen-bond donors (Lipinski definition) is 1. The average Bonchev–Trinajstić information content (AvgIpc) is 2.32. The van der Waals surface area contributed by atoms with E-state index in [1.165, 1.54) is 7.11 Å². The minimum absolute atomic E-state index is 0.146. The first-order chi connectivity index (χ1) is 8.08. The Bertz CT molecular complexity index is 400. The summed E-state index contributed by atoms with van der Waals surface area (Å²) in [6, 6.07) is 4.84. The lowest BCUT2D eigenvalue weighted by atomic mass is 10.3. The first-order valence-electron chi connectivity index (χ1n) is 4.99. The number of esters is 1. The Morgan fingerprint density at radius 2 is 2.29 bits per heavy atom. The number of hydrogen-bond acceptors (Lipinski definition) is 5. The summed E-state index contributed by atoms with van der Waals surface area (Å²) < 4.78 is 23.0. The Labute approximate surface area is 103 Å². The van der Waals surface area contributed by atoms with Gasteiger partial charge in [0, 0.05) is 10.6 Å². The number of carbonyl (C=O) groups excluding carboxylic acids is 1. The van der Waals surface area contributed by atoms with E-state index in [2.05, 4.69) is 4.74 Å². The number of benzene rings is 1. The van der Waals surface area contributed by atoms with Crippen LogP contribution in [0.5, 0.6) is 5.75 Å². The molecule has 1 aromatic rings. The molecule has 4 nitrogen and oxygen atoms in total. The maximum atomic E-state index is 13.5. The van der Waals surface area contributed by atoms with Crippen LogP contribution in [0.15, 0.2) is 23.1 Å². The van der Waals surface area contributed by atoms with E-state index in [4.69, 9.17) is 10.5 Å². The highest BCUT2D eigenvalue weighted by atomic mass is 32.2. The first-order valence-corrected chi connectivity index (χ1v) is 5.87. The second-order valence-corrected chi connectivity index (χ2v) is 4.18. The molecular formula is C11H14FNO3S. The van der Waals surface area contributed by atoms with E-state index in [-0.39, 0.29) is 6.61 Å². The maximum Gasteiger partial charge on any atom is 0.351 e. The Balaban J connectivity index is 2.76. The maximum absolute atomic E-state index is 13.5. The van der Waals surface area contributed by atoms with Crippen molar-refractivity contribution in [2.24, 2.45) is 0 Å². The van der Waals surface area contributed by atoms with Crippen molar-refractivity contribution in [1.82, 2.24) is 0 Å². The Morgan fingerprint density at radius 3 is 2.88 bits per heavy atom. The number of ether oxygens (including phenoxy) is 2. The highest BCUT2D eigenvalue weighted by Crippen LogP contribution is 2.33. The van der Waals surface area contributed by atoms with E-state index in [9.17, 15) is 9.18 Å². The van der Waals surface area contributed by atoms with Gasteiger partial charge in [-0.3, -0.25) is 0 Å². The molecule has 0 aliphatic heterocycles. The van der Waals surface area contributed by atoms with E-state index >= 15 is 0 Å². The fourth-order valence-electron chi connectivity index (χ4n) is 1.11. The molecule has 0 radical (unpaired) electrons. The Morgan fingerprint density at radius 1 is 1.59 bits per heavy atom. The molecule has 1 atom stereocenters. The van der Waals surface area contributed by atoms with Crippen LogP contribution >= 0.6 is 11.8 Å². The smallest absolute Gasteiger partial charge is 0.351 e. The molecule has 17 heavy (non-hydrogen) atoms. The van der Waals surface area contributed by atoms with E-state index in [1.807, 2.05) is 0 Å². The highest BCUT2D eigenvalue weighted by molar-refractivity contribution is 8.00. The number of anilines is 1. The van der Waals surface area contributed by atoms with E-state index in [0.717, 1.165) is 0 Å². The molecule has 0 aliphatic carbocycles. The number of methoxy groups -OCH3 is 1. The van der Waals surface area contributed by atoms with Gasteiger partial charge in [0.15, 0.2) is 0 Å². The van der Waals surface area contributed by atoms with Gasteiger partial charge in [-0.25, -0.2) is 9.18 Å². The number of carbonyl (C=O) groups is 1. The molecule has 1 rings (SSSR count). The van der Waals surface area contributed by atoms with Crippen LogP contribution in [0.2, 0.25) is 0 Å². The van der Waals surface area contributed by atoms with Crippen molar-refractivity contribution in [2.75, 3.05) is 19.5 Å². The molecule has 1 aromatic carbocycles. The Kier molecular flexibility index (Phi) is 5.09. The molecule has 0 saturated carbocycles. The molecule has 0 fully saturated rings. The third kappa shape index (κ3) is 3.81. The number of nitrogens with two attached hydrogens (primary N) is 1. The summed E-state index contributed by atoms with van der Waals surface area (Å²) in [6.07, 6.45) is 0. The molecule has 1 unspecified atom stereocenters. The van der Waals surface area contributed by atoms with E-state index in [1.54, 1.807) is 25.1 Å². The van der Waals surface area contributed by atoms with Gasteiger partial charge >= 0.3 is 5.97 Å². The SMILES string of the molecule is CCOC(=O)C(F)Sc1cc(OC)ccc1N. The second-order valence-electron chi connectivity index (χ2n) is 3.09.